The Balaban J connectivity index is 1.45. The summed E-state index contributed by atoms with van der Waals surface area (Å²) >= 11 is 6.09. The SMILES string of the molecule is CC1CC(Nc2ccnc3cc(Cl)ccc23)C(C)CC1NC(=O)c1cc(F)cc(F)c1. The topological polar surface area (TPSA) is 54.0 Å². The van der Waals surface area contributed by atoms with Crippen LogP contribution in [0.4, 0.5) is 14.5 Å². The highest BCUT2D eigenvalue weighted by atomic mass is 35.5. The van der Waals surface area contributed by atoms with E-state index in [2.05, 4.69) is 29.5 Å². The Labute approximate surface area is 185 Å². The fraction of sp³-hybridized carbons (Fsp3) is 0.333. The standard InChI is InChI=1S/C24H24ClF2N3O/c1-13-8-22(30-24(31)15-9-17(26)12-18(27)10-15)14(2)7-21(13)29-20-5-6-28-23-11-16(25)3-4-19(20)23/h3-6,9-14,21-22H,7-8H2,1-2H3,(H,28,29)(H,30,31). The maximum Gasteiger partial charge on any atom is 0.251 e. The molecule has 2 N–H and O–H groups in total. The molecule has 4 unspecified atom stereocenters. The third kappa shape index (κ3) is 4.79. The number of hydrogen-bond acceptors (Lipinski definition) is 3. The Kier molecular flexibility index (Phi) is 6.10. The quantitative estimate of drug-likeness (QED) is 0.535. The summed E-state index contributed by atoms with van der Waals surface area (Å²) in [5, 5.41) is 8.27. The highest BCUT2D eigenvalue weighted by molar-refractivity contribution is 6.31. The van der Waals surface area contributed by atoms with Gasteiger partial charge in [0.05, 0.1) is 5.52 Å². The van der Waals surface area contributed by atoms with Crippen molar-refractivity contribution in [2.75, 3.05) is 5.32 Å². The van der Waals surface area contributed by atoms with Crippen LogP contribution in [0.15, 0.2) is 48.7 Å². The molecule has 1 saturated carbocycles. The summed E-state index contributed by atoms with van der Waals surface area (Å²) in [5.74, 6) is -1.50. The molecular weight excluding hydrogens is 420 g/mol. The molecule has 1 amide bonds. The average molecular weight is 444 g/mol. The second-order valence-corrected chi connectivity index (χ2v) is 8.87. The lowest BCUT2D eigenvalue weighted by Gasteiger charge is -2.40. The van der Waals surface area contributed by atoms with E-state index in [1.165, 1.54) is 0 Å². The van der Waals surface area contributed by atoms with Gasteiger partial charge in [0.1, 0.15) is 11.6 Å². The number of benzene rings is 2. The minimum atomic E-state index is -0.759. The fourth-order valence-corrected chi connectivity index (χ4v) is 4.55. The van der Waals surface area contributed by atoms with Gasteiger partial charge in [0, 0.05) is 46.0 Å². The van der Waals surface area contributed by atoms with Gasteiger partial charge < -0.3 is 10.6 Å². The van der Waals surface area contributed by atoms with Crippen LogP contribution in [-0.2, 0) is 0 Å². The number of carbonyl (C=O) groups excluding carboxylic acids is 1. The van der Waals surface area contributed by atoms with E-state index in [1.807, 2.05) is 24.3 Å². The van der Waals surface area contributed by atoms with Gasteiger partial charge in [0.2, 0.25) is 0 Å². The molecule has 1 heterocycles. The number of hydrogen-bond donors (Lipinski definition) is 2. The molecule has 0 aliphatic heterocycles. The Morgan fingerprint density at radius 1 is 1.00 bits per heavy atom. The molecule has 1 aliphatic rings. The second-order valence-electron chi connectivity index (χ2n) is 8.43. The summed E-state index contributed by atoms with van der Waals surface area (Å²) in [7, 11) is 0. The van der Waals surface area contributed by atoms with Crippen molar-refractivity contribution in [3.05, 3.63) is 70.9 Å². The van der Waals surface area contributed by atoms with Crippen LogP contribution in [0.5, 0.6) is 0 Å². The molecular formula is C24H24ClF2N3O. The molecule has 4 rings (SSSR count). The smallest absolute Gasteiger partial charge is 0.251 e. The Morgan fingerprint density at radius 2 is 1.68 bits per heavy atom. The maximum atomic E-state index is 13.5. The molecule has 0 saturated heterocycles. The van der Waals surface area contributed by atoms with Crippen molar-refractivity contribution in [1.29, 1.82) is 0 Å². The van der Waals surface area contributed by atoms with Gasteiger partial charge in [-0.05, 0) is 61.1 Å². The summed E-state index contributed by atoms with van der Waals surface area (Å²) < 4.78 is 26.9. The first-order valence-corrected chi connectivity index (χ1v) is 10.8. The first-order valence-electron chi connectivity index (χ1n) is 10.4. The van der Waals surface area contributed by atoms with Crippen LogP contribution >= 0.6 is 11.6 Å². The van der Waals surface area contributed by atoms with Crippen molar-refractivity contribution in [3.8, 4) is 0 Å². The number of nitrogens with one attached hydrogen (secondary N) is 2. The molecule has 0 bridgehead atoms. The third-order valence-electron chi connectivity index (χ3n) is 6.11. The van der Waals surface area contributed by atoms with Gasteiger partial charge in [-0.1, -0.05) is 25.4 Å². The number of fused-ring (bicyclic) bond motifs is 1. The zero-order chi connectivity index (χ0) is 22.1. The number of nitrogens with zero attached hydrogens (tertiary/aromatic N) is 1. The van der Waals surface area contributed by atoms with E-state index in [-0.39, 0.29) is 29.5 Å². The number of amides is 1. The number of aromatic nitrogens is 1. The van der Waals surface area contributed by atoms with E-state index < -0.39 is 17.5 Å². The maximum absolute atomic E-state index is 13.5. The summed E-state index contributed by atoms with van der Waals surface area (Å²) in [6.45, 7) is 4.23. The van der Waals surface area contributed by atoms with Gasteiger partial charge in [-0.3, -0.25) is 9.78 Å². The molecule has 1 aromatic heterocycles. The first-order chi connectivity index (χ1) is 14.8. The van der Waals surface area contributed by atoms with E-state index in [4.69, 9.17) is 11.6 Å². The second kappa shape index (κ2) is 8.79. The highest BCUT2D eigenvalue weighted by Crippen LogP contribution is 2.33. The van der Waals surface area contributed by atoms with Crippen LogP contribution < -0.4 is 10.6 Å². The van der Waals surface area contributed by atoms with Gasteiger partial charge in [-0.15, -0.1) is 0 Å². The normalized spacial score (nSPS) is 23.5. The van der Waals surface area contributed by atoms with Crippen LogP contribution in [0, 0.1) is 23.5 Å². The summed E-state index contributed by atoms with van der Waals surface area (Å²) in [4.78, 5) is 16.9. The summed E-state index contributed by atoms with van der Waals surface area (Å²) in [5.41, 5.74) is 1.84. The van der Waals surface area contributed by atoms with Gasteiger partial charge >= 0.3 is 0 Å². The first kappa shape index (κ1) is 21.5. The lowest BCUT2D eigenvalue weighted by molar-refractivity contribution is 0.0892. The molecule has 4 atom stereocenters. The summed E-state index contributed by atoms with van der Waals surface area (Å²) in [6, 6.07) is 10.6. The molecule has 31 heavy (non-hydrogen) atoms. The van der Waals surface area contributed by atoms with Crippen LogP contribution in [0.1, 0.15) is 37.0 Å². The van der Waals surface area contributed by atoms with Crippen molar-refractivity contribution in [2.45, 2.75) is 38.8 Å². The Hall–Kier alpha value is -2.73. The van der Waals surface area contributed by atoms with Crippen molar-refractivity contribution < 1.29 is 13.6 Å². The molecule has 2 aromatic carbocycles. The minimum Gasteiger partial charge on any atom is -0.381 e. The van der Waals surface area contributed by atoms with Crippen LogP contribution in [0.25, 0.3) is 10.9 Å². The monoisotopic (exact) mass is 443 g/mol. The van der Waals surface area contributed by atoms with E-state index in [1.54, 1.807) is 6.20 Å². The van der Waals surface area contributed by atoms with Crippen molar-refractivity contribution >= 4 is 34.1 Å². The molecule has 0 radical (unpaired) electrons. The molecule has 162 valence electrons. The number of pyridine rings is 1. The zero-order valence-electron chi connectivity index (χ0n) is 17.3. The molecule has 1 fully saturated rings. The Bertz CT molecular complexity index is 1100. The lowest BCUT2D eigenvalue weighted by atomic mass is 9.76. The van der Waals surface area contributed by atoms with Crippen molar-refractivity contribution in [1.82, 2.24) is 10.3 Å². The van der Waals surface area contributed by atoms with E-state index in [0.717, 1.165) is 47.6 Å². The van der Waals surface area contributed by atoms with Crippen LogP contribution in [0.3, 0.4) is 0 Å². The van der Waals surface area contributed by atoms with Gasteiger partial charge in [-0.2, -0.15) is 0 Å². The fourth-order valence-electron chi connectivity index (χ4n) is 4.38. The number of carbonyl (C=O) groups is 1. The minimum absolute atomic E-state index is 0.000447. The van der Waals surface area contributed by atoms with Gasteiger partial charge in [-0.25, -0.2) is 8.78 Å². The molecule has 7 heteroatoms. The lowest BCUT2D eigenvalue weighted by Crippen LogP contribution is -2.48. The molecule has 1 aliphatic carbocycles. The third-order valence-corrected chi connectivity index (χ3v) is 6.35. The molecule has 4 nitrogen and oxygen atoms in total. The number of rotatable bonds is 4. The van der Waals surface area contributed by atoms with Crippen molar-refractivity contribution in [3.63, 3.8) is 0 Å². The number of anilines is 1. The zero-order valence-corrected chi connectivity index (χ0v) is 18.1. The number of halogens is 3. The van der Waals surface area contributed by atoms with Gasteiger partial charge in [0.25, 0.3) is 5.91 Å². The summed E-state index contributed by atoms with van der Waals surface area (Å²) in [6.07, 6.45) is 3.37. The highest BCUT2D eigenvalue weighted by Gasteiger charge is 2.34. The molecule has 3 aromatic rings. The van der Waals surface area contributed by atoms with E-state index >= 15 is 0 Å². The predicted octanol–water partition coefficient (Wildman–Crippen LogP) is 5.81. The van der Waals surface area contributed by atoms with E-state index in [0.29, 0.717) is 5.02 Å². The largest absolute Gasteiger partial charge is 0.381 e. The van der Waals surface area contributed by atoms with Crippen molar-refractivity contribution in [2.24, 2.45) is 11.8 Å². The Morgan fingerprint density at radius 3 is 2.42 bits per heavy atom. The molecule has 0 spiro atoms. The average Bonchev–Trinajstić information content (AvgIpc) is 2.70. The van der Waals surface area contributed by atoms with E-state index in [9.17, 15) is 13.6 Å². The van der Waals surface area contributed by atoms with Crippen LogP contribution in [-0.4, -0.2) is 23.0 Å². The predicted molar refractivity (Wildman–Crippen MR) is 119 cm³/mol. The van der Waals surface area contributed by atoms with Gasteiger partial charge in [0.15, 0.2) is 0 Å². The van der Waals surface area contributed by atoms with Crippen LogP contribution in [0.2, 0.25) is 5.02 Å².